The van der Waals surface area contributed by atoms with Crippen LogP contribution in [0.1, 0.15) is 5.69 Å². The van der Waals surface area contributed by atoms with Gasteiger partial charge in [-0.1, -0.05) is 18.2 Å². The van der Waals surface area contributed by atoms with Gasteiger partial charge in [0.05, 0.1) is 12.3 Å². The lowest BCUT2D eigenvalue weighted by Crippen LogP contribution is -1.88. The zero-order chi connectivity index (χ0) is 11.7. The number of hydrogen-bond donors (Lipinski definition) is 1. The van der Waals surface area contributed by atoms with E-state index in [0.717, 1.165) is 22.3 Å². The first-order valence-corrected chi connectivity index (χ1v) is 5.41. The molecule has 2 heterocycles. The molecule has 1 aromatic carbocycles. The van der Waals surface area contributed by atoms with E-state index in [1.165, 1.54) is 0 Å². The van der Waals surface area contributed by atoms with Crippen LogP contribution in [0.2, 0.25) is 0 Å². The van der Waals surface area contributed by atoms with Gasteiger partial charge in [-0.2, -0.15) is 0 Å². The van der Waals surface area contributed by atoms with E-state index < -0.39 is 0 Å². The molecule has 3 rings (SSSR count). The van der Waals surface area contributed by atoms with Crippen LogP contribution in [-0.2, 0) is 6.61 Å². The van der Waals surface area contributed by atoms with E-state index >= 15 is 0 Å². The summed E-state index contributed by atoms with van der Waals surface area (Å²) in [7, 11) is 0. The molecule has 0 spiro atoms. The van der Waals surface area contributed by atoms with Gasteiger partial charge in [0.1, 0.15) is 11.3 Å². The zero-order valence-corrected chi connectivity index (χ0v) is 9.13. The van der Waals surface area contributed by atoms with E-state index in [9.17, 15) is 0 Å². The number of aliphatic hydroxyl groups is 1. The Bertz CT molecular complexity index is 625. The maximum Gasteiger partial charge on any atom is 0.135 e. The molecule has 0 unspecified atom stereocenters. The number of benzene rings is 1. The smallest absolute Gasteiger partial charge is 0.135 e. The molecule has 0 amide bonds. The number of aliphatic hydroxyl groups excluding tert-OH is 1. The average Bonchev–Trinajstić information content (AvgIpc) is 2.82. The van der Waals surface area contributed by atoms with E-state index in [-0.39, 0.29) is 6.61 Å². The van der Waals surface area contributed by atoms with Gasteiger partial charge >= 0.3 is 0 Å². The minimum atomic E-state index is -0.0614. The molecular formula is C14H11NO2. The van der Waals surface area contributed by atoms with Crippen molar-refractivity contribution in [3.63, 3.8) is 0 Å². The van der Waals surface area contributed by atoms with Crippen LogP contribution >= 0.6 is 0 Å². The van der Waals surface area contributed by atoms with Crippen LogP contribution in [0.5, 0.6) is 0 Å². The summed E-state index contributed by atoms with van der Waals surface area (Å²) in [4.78, 5) is 4.05. The van der Waals surface area contributed by atoms with Crippen molar-refractivity contribution in [3.8, 4) is 11.3 Å². The molecule has 0 atom stereocenters. The molecule has 17 heavy (non-hydrogen) atoms. The maximum absolute atomic E-state index is 9.06. The Labute approximate surface area is 98.3 Å². The van der Waals surface area contributed by atoms with Gasteiger partial charge in [0, 0.05) is 17.1 Å². The zero-order valence-electron chi connectivity index (χ0n) is 9.13. The summed E-state index contributed by atoms with van der Waals surface area (Å²) in [6, 6.07) is 13.6. The Kier molecular flexibility index (Phi) is 2.38. The number of nitrogens with zero attached hydrogens (tertiary/aromatic N) is 1. The van der Waals surface area contributed by atoms with Crippen molar-refractivity contribution < 1.29 is 9.52 Å². The molecule has 2 aromatic heterocycles. The fourth-order valence-corrected chi connectivity index (χ4v) is 1.84. The molecule has 0 fully saturated rings. The number of furan rings is 1. The SMILES string of the molecule is OCc1cc(-c2cc3ccccc3o2)ccn1. The second-order valence-electron chi connectivity index (χ2n) is 3.84. The van der Waals surface area contributed by atoms with Crippen LogP contribution < -0.4 is 0 Å². The van der Waals surface area contributed by atoms with Crippen molar-refractivity contribution in [2.45, 2.75) is 6.61 Å². The second kappa shape index (κ2) is 4.03. The lowest BCUT2D eigenvalue weighted by Gasteiger charge is -1.98. The van der Waals surface area contributed by atoms with E-state index in [2.05, 4.69) is 4.98 Å². The van der Waals surface area contributed by atoms with E-state index in [1.54, 1.807) is 6.20 Å². The highest BCUT2D eigenvalue weighted by Crippen LogP contribution is 2.27. The summed E-state index contributed by atoms with van der Waals surface area (Å²) in [6.45, 7) is -0.0614. The molecule has 0 bridgehead atoms. The Morgan fingerprint density at radius 2 is 2.00 bits per heavy atom. The molecule has 0 radical (unpaired) electrons. The molecule has 0 saturated carbocycles. The van der Waals surface area contributed by atoms with E-state index in [4.69, 9.17) is 9.52 Å². The lowest BCUT2D eigenvalue weighted by atomic mass is 10.1. The van der Waals surface area contributed by atoms with E-state index in [0.29, 0.717) is 5.69 Å². The van der Waals surface area contributed by atoms with Gasteiger partial charge in [0.25, 0.3) is 0 Å². The first-order valence-electron chi connectivity index (χ1n) is 5.41. The summed E-state index contributed by atoms with van der Waals surface area (Å²) in [5, 5.41) is 10.1. The maximum atomic E-state index is 9.06. The predicted molar refractivity (Wildman–Crippen MR) is 65.4 cm³/mol. The third kappa shape index (κ3) is 1.81. The highest BCUT2D eigenvalue weighted by atomic mass is 16.3. The lowest BCUT2D eigenvalue weighted by molar-refractivity contribution is 0.277. The van der Waals surface area contributed by atoms with Crippen molar-refractivity contribution >= 4 is 11.0 Å². The Morgan fingerprint density at radius 1 is 1.12 bits per heavy atom. The normalized spacial score (nSPS) is 10.9. The van der Waals surface area contributed by atoms with Crippen molar-refractivity contribution in [2.75, 3.05) is 0 Å². The third-order valence-corrected chi connectivity index (χ3v) is 2.69. The topological polar surface area (TPSA) is 46.3 Å². The van der Waals surface area contributed by atoms with Crippen LogP contribution in [-0.4, -0.2) is 10.1 Å². The summed E-state index contributed by atoms with van der Waals surface area (Å²) in [5.41, 5.74) is 2.44. The molecule has 0 aliphatic carbocycles. The first kappa shape index (κ1) is 10.1. The fourth-order valence-electron chi connectivity index (χ4n) is 1.84. The largest absolute Gasteiger partial charge is 0.456 e. The van der Waals surface area contributed by atoms with Crippen LogP contribution in [0.25, 0.3) is 22.3 Å². The Balaban J connectivity index is 2.13. The molecule has 1 N–H and O–H groups in total. The molecule has 84 valence electrons. The first-order chi connectivity index (χ1) is 8.36. The number of hydrogen-bond acceptors (Lipinski definition) is 3. The summed E-state index contributed by atoms with van der Waals surface area (Å²) < 4.78 is 5.74. The predicted octanol–water partition coefficient (Wildman–Crippen LogP) is 2.99. The summed E-state index contributed by atoms with van der Waals surface area (Å²) in [5.74, 6) is 0.795. The molecule has 0 saturated heterocycles. The van der Waals surface area contributed by atoms with Gasteiger partial charge in [-0.15, -0.1) is 0 Å². The van der Waals surface area contributed by atoms with Gasteiger partial charge < -0.3 is 9.52 Å². The summed E-state index contributed by atoms with van der Waals surface area (Å²) >= 11 is 0. The molecule has 0 aliphatic rings. The monoisotopic (exact) mass is 225 g/mol. The molecular weight excluding hydrogens is 214 g/mol. The quantitative estimate of drug-likeness (QED) is 0.729. The average molecular weight is 225 g/mol. The van der Waals surface area contributed by atoms with Crippen LogP contribution in [0.3, 0.4) is 0 Å². The Morgan fingerprint density at radius 3 is 2.82 bits per heavy atom. The molecule has 3 nitrogen and oxygen atoms in total. The van der Waals surface area contributed by atoms with Gasteiger partial charge in [0.2, 0.25) is 0 Å². The Hall–Kier alpha value is -2.13. The number of rotatable bonds is 2. The van der Waals surface area contributed by atoms with Crippen molar-refractivity contribution in [1.82, 2.24) is 4.98 Å². The summed E-state index contributed by atoms with van der Waals surface area (Å²) in [6.07, 6.45) is 1.67. The van der Waals surface area contributed by atoms with Crippen molar-refractivity contribution in [3.05, 3.63) is 54.4 Å². The molecule has 0 aliphatic heterocycles. The second-order valence-corrected chi connectivity index (χ2v) is 3.84. The molecule has 3 aromatic rings. The van der Waals surface area contributed by atoms with Gasteiger partial charge in [0.15, 0.2) is 0 Å². The van der Waals surface area contributed by atoms with Crippen molar-refractivity contribution in [2.24, 2.45) is 0 Å². The minimum absolute atomic E-state index is 0.0614. The van der Waals surface area contributed by atoms with Gasteiger partial charge in [-0.25, -0.2) is 0 Å². The van der Waals surface area contributed by atoms with Gasteiger partial charge in [-0.3, -0.25) is 4.98 Å². The van der Waals surface area contributed by atoms with Crippen LogP contribution in [0, 0.1) is 0 Å². The number of aromatic nitrogens is 1. The number of para-hydroxylation sites is 1. The third-order valence-electron chi connectivity index (χ3n) is 2.69. The number of fused-ring (bicyclic) bond motifs is 1. The van der Waals surface area contributed by atoms with Crippen LogP contribution in [0.4, 0.5) is 0 Å². The van der Waals surface area contributed by atoms with Crippen molar-refractivity contribution in [1.29, 1.82) is 0 Å². The number of pyridine rings is 1. The fraction of sp³-hybridized carbons (Fsp3) is 0.0714. The van der Waals surface area contributed by atoms with E-state index in [1.807, 2.05) is 42.5 Å². The minimum Gasteiger partial charge on any atom is -0.456 e. The van der Waals surface area contributed by atoms with Gasteiger partial charge in [-0.05, 0) is 24.3 Å². The highest BCUT2D eigenvalue weighted by Gasteiger charge is 2.06. The molecule has 3 heteroatoms. The van der Waals surface area contributed by atoms with Crippen LogP contribution in [0.15, 0.2) is 53.1 Å². The highest BCUT2D eigenvalue weighted by molar-refractivity contribution is 5.82. The standard InChI is InChI=1S/C14H11NO2/c16-9-12-7-11(5-6-15-12)14-8-10-3-1-2-4-13(10)17-14/h1-8,16H,9H2.